The van der Waals surface area contributed by atoms with Crippen molar-refractivity contribution < 1.29 is 0 Å². The van der Waals surface area contributed by atoms with Gasteiger partial charge in [-0.25, -0.2) is 0 Å². The minimum Gasteiger partial charge on any atom is -0.257 e. The summed E-state index contributed by atoms with van der Waals surface area (Å²) in [5, 5.41) is 3.67. The van der Waals surface area contributed by atoms with Crippen LogP contribution < -0.4 is 21.0 Å². The Kier molecular flexibility index (Phi) is 4.22. The van der Waals surface area contributed by atoms with E-state index in [1.54, 1.807) is 6.20 Å². The van der Waals surface area contributed by atoms with E-state index in [0.717, 1.165) is 21.0 Å². The zero-order valence-corrected chi connectivity index (χ0v) is 9.32. The summed E-state index contributed by atoms with van der Waals surface area (Å²) in [5.74, 6) is 0. The van der Waals surface area contributed by atoms with Crippen LogP contribution in [0.5, 0.6) is 0 Å². The molecule has 0 atom stereocenters. The Labute approximate surface area is 95.4 Å². The van der Waals surface area contributed by atoms with Crippen molar-refractivity contribution in [2.24, 2.45) is 0 Å². The number of pyridine rings is 1. The van der Waals surface area contributed by atoms with Crippen LogP contribution in [0, 0.1) is 0 Å². The van der Waals surface area contributed by atoms with E-state index in [4.69, 9.17) is 0 Å². The molecular formula is C15H15N. The maximum atomic E-state index is 3.91. The van der Waals surface area contributed by atoms with Gasteiger partial charge in [-0.3, -0.25) is 4.98 Å². The quantitative estimate of drug-likeness (QED) is 0.612. The summed E-state index contributed by atoms with van der Waals surface area (Å²) in [4.78, 5) is 3.91. The molecule has 0 unspecified atom stereocenters. The zero-order valence-electron chi connectivity index (χ0n) is 9.32. The maximum absolute atomic E-state index is 3.91. The van der Waals surface area contributed by atoms with E-state index in [2.05, 4.69) is 31.3 Å². The van der Waals surface area contributed by atoms with Gasteiger partial charge in [-0.2, -0.15) is 0 Å². The van der Waals surface area contributed by atoms with Crippen LogP contribution in [0.25, 0.3) is 26.3 Å². The van der Waals surface area contributed by atoms with E-state index in [9.17, 15) is 0 Å². The maximum Gasteiger partial charge on any atom is 0.0624 e. The smallest absolute Gasteiger partial charge is 0.0624 e. The number of aromatic nitrogens is 1. The van der Waals surface area contributed by atoms with E-state index in [0.29, 0.717) is 0 Å². The lowest BCUT2D eigenvalue weighted by atomic mass is 10.3. The van der Waals surface area contributed by atoms with Crippen LogP contribution in [0.15, 0.2) is 42.6 Å². The first-order valence-corrected chi connectivity index (χ1v) is 4.93. The van der Waals surface area contributed by atoms with Crippen molar-refractivity contribution in [3.8, 4) is 0 Å². The molecule has 1 nitrogen and oxygen atoms in total. The van der Waals surface area contributed by atoms with Gasteiger partial charge in [0, 0.05) is 6.20 Å². The van der Waals surface area contributed by atoms with Gasteiger partial charge in [-0.1, -0.05) is 56.6 Å². The molecule has 0 aliphatic carbocycles. The van der Waals surface area contributed by atoms with Gasteiger partial charge in [0.05, 0.1) is 5.35 Å². The molecule has 0 fully saturated rings. The molecule has 2 aromatic rings. The molecule has 0 aliphatic heterocycles. The molecule has 0 N–H and O–H groups in total. The average Bonchev–Trinajstić information content (AvgIpc) is 2.28. The summed E-state index contributed by atoms with van der Waals surface area (Å²) in [6, 6.07) is 11.5. The van der Waals surface area contributed by atoms with Crippen molar-refractivity contribution >= 4 is 26.3 Å². The first-order valence-electron chi connectivity index (χ1n) is 4.93. The fourth-order valence-electron chi connectivity index (χ4n) is 1.03. The van der Waals surface area contributed by atoms with Crippen LogP contribution in [0.4, 0.5) is 0 Å². The molecule has 0 saturated carbocycles. The SMILES string of the molecule is C=c1ccccc1=C.C=c1cccnc1=C. The van der Waals surface area contributed by atoms with E-state index in [1.807, 2.05) is 36.4 Å². The Morgan fingerprint density at radius 1 is 0.688 bits per heavy atom. The lowest BCUT2D eigenvalue weighted by molar-refractivity contribution is 1.23. The Hall–Kier alpha value is -2.15. The summed E-state index contributed by atoms with van der Waals surface area (Å²) in [6.07, 6.45) is 1.71. The zero-order chi connectivity index (χ0) is 12.0. The van der Waals surface area contributed by atoms with Crippen LogP contribution in [0.2, 0.25) is 0 Å². The van der Waals surface area contributed by atoms with Gasteiger partial charge in [-0.15, -0.1) is 0 Å². The summed E-state index contributed by atoms with van der Waals surface area (Å²) in [6.45, 7) is 14.9. The Morgan fingerprint density at radius 3 is 1.50 bits per heavy atom. The highest BCUT2D eigenvalue weighted by Crippen LogP contribution is 1.66. The number of hydrogen-bond donors (Lipinski definition) is 0. The molecule has 0 bridgehead atoms. The van der Waals surface area contributed by atoms with E-state index >= 15 is 0 Å². The minimum absolute atomic E-state index is 0.757. The molecule has 0 radical (unpaired) electrons. The third kappa shape index (κ3) is 3.54. The molecule has 1 aromatic heterocycles. The molecule has 1 heteroatoms. The van der Waals surface area contributed by atoms with Crippen molar-refractivity contribution in [3.63, 3.8) is 0 Å². The van der Waals surface area contributed by atoms with Gasteiger partial charge >= 0.3 is 0 Å². The summed E-state index contributed by atoms with van der Waals surface area (Å²) in [7, 11) is 0. The van der Waals surface area contributed by atoms with Crippen LogP contribution in [0.1, 0.15) is 0 Å². The second-order valence-electron chi connectivity index (χ2n) is 3.38. The number of rotatable bonds is 0. The normalized spacial score (nSPS) is 9.00. The second-order valence-corrected chi connectivity index (χ2v) is 3.38. The monoisotopic (exact) mass is 209 g/mol. The predicted molar refractivity (Wildman–Crippen MR) is 71.3 cm³/mol. The lowest BCUT2D eigenvalue weighted by Gasteiger charge is -1.79. The van der Waals surface area contributed by atoms with Crippen molar-refractivity contribution in [2.45, 2.75) is 0 Å². The van der Waals surface area contributed by atoms with E-state index in [-0.39, 0.29) is 0 Å². The van der Waals surface area contributed by atoms with Crippen molar-refractivity contribution in [2.75, 3.05) is 0 Å². The van der Waals surface area contributed by atoms with Gasteiger partial charge in [0.2, 0.25) is 0 Å². The topological polar surface area (TPSA) is 12.9 Å². The summed E-state index contributed by atoms with van der Waals surface area (Å²) in [5.41, 5.74) is 0. The third-order valence-corrected chi connectivity index (χ3v) is 2.10. The van der Waals surface area contributed by atoms with E-state index in [1.165, 1.54) is 0 Å². The molecular weight excluding hydrogens is 194 g/mol. The van der Waals surface area contributed by atoms with Crippen LogP contribution >= 0.6 is 0 Å². The van der Waals surface area contributed by atoms with Gasteiger partial charge in [0.15, 0.2) is 0 Å². The molecule has 80 valence electrons. The largest absolute Gasteiger partial charge is 0.257 e. The number of hydrogen-bond acceptors (Lipinski definition) is 1. The Balaban J connectivity index is 0.000000160. The molecule has 0 amide bonds. The standard InChI is InChI=1S/C8H8.C7H7N/c1-7-5-3-4-6-8(7)2;1-6-4-3-5-8-7(6)2/h3-6H,1-2H2;3-5H,1-2H2. The third-order valence-electron chi connectivity index (χ3n) is 2.10. The van der Waals surface area contributed by atoms with E-state index < -0.39 is 0 Å². The molecule has 0 aliphatic rings. The van der Waals surface area contributed by atoms with Crippen LogP contribution in [-0.2, 0) is 0 Å². The highest BCUT2D eigenvalue weighted by Gasteiger charge is 1.72. The summed E-state index contributed by atoms with van der Waals surface area (Å²) < 4.78 is 0. The van der Waals surface area contributed by atoms with Crippen LogP contribution in [-0.4, -0.2) is 4.98 Å². The molecule has 1 heterocycles. The molecule has 2 rings (SSSR count). The lowest BCUT2D eigenvalue weighted by Crippen LogP contribution is -2.23. The molecule has 0 saturated heterocycles. The van der Waals surface area contributed by atoms with Gasteiger partial charge in [0.25, 0.3) is 0 Å². The molecule has 1 aromatic carbocycles. The average molecular weight is 209 g/mol. The fraction of sp³-hybridized carbons (Fsp3) is 0. The van der Waals surface area contributed by atoms with Crippen molar-refractivity contribution in [3.05, 3.63) is 63.6 Å². The van der Waals surface area contributed by atoms with Gasteiger partial charge in [-0.05, 0) is 21.7 Å². The molecule has 16 heavy (non-hydrogen) atoms. The first-order chi connectivity index (χ1) is 7.61. The second kappa shape index (κ2) is 5.66. The van der Waals surface area contributed by atoms with Crippen LogP contribution in [0.3, 0.4) is 0 Å². The molecule has 0 spiro atoms. The Morgan fingerprint density at radius 2 is 1.19 bits per heavy atom. The van der Waals surface area contributed by atoms with Crippen molar-refractivity contribution in [1.29, 1.82) is 0 Å². The van der Waals surface area contributed by atoms with Gasteiger partial charge < -0.3 is 0 Å². The first kappa shape index (κ1) is 11.9. The highest BCUT2D eigenvalue weighted by molar-refractivity contribution is 5.15. The highest BCUT2D eigenvalue weighted by atomic mass is 14.6. The number of nitrogens with zero attached hydrogens (tertiary/aromatic N) is 1. The summed E-state index contributed by atoms with van der Waals surface area (Å²) >= 11 is 0. The van der Waals surface area contributed by atoms with Crippen molar-refractivity contribution in [1.82, 2.24) is 4.98 Å². The predicted octanol–water partition coefficient (Wildman–Crippen LogP) is 0.409. The van der Waals surface area contributed by atoms with Gasteiger partial charge in [0.1, 0.15) is 0 Å². The fourth-order valence-corrected chi connectivity index (χ4v) is 1.03. The number of benzene rings is 1. The minimum atomic E-state index is 0.757. The Bertz CT molecular complexity index is 526.